The van der Waals surface area contributed by atoms with E-state index in [-0.39, 0.29) is 10.9 Å². The highest BCUT2D eigenvalue weighted by molar-refractivity contribution is 6.31. The Kier molecular flexibility index (Phi) is 3.34. The van der Waals surface area contributed by atoms with Crippen LogP contribution in [0.2, 0.25) is 5.02 Å². The van der Waals surface area contributed by atoms with Gasteiger partial charge in [0.05, 0.1) is 5.02 Å². The van der Waals surface area contributed by atoms with E-state index in [1.165, 1.54) is 18.2 Å². The molecule has 0 bridgehead atoms. The minimum Gasteiger partial charge on any atom is -0.321 e. The zero-order chi connectivity index (χ0) is 13.3. The molecular weight excluding hydrogens is 257 g/mol. The number of hydrogen-bond acceptors (Lipinski definition) is 2. The largest absolute Gasteiger partial charge is 0.321 e. The molecule has 18 heavy (non-hydrogen) atoms. The molecule has 0 spiro atoms. The Morgan fingerprint density at radius 2 is 2.22 bits per heavy atom. The van der Waals surface area contributed by atoms with Crippen LogP contribution in [0.25, 0.3) is 0 Å². The lowest BCUT2D eigenvalue weighted by Crippen LogP contribution is -2.14. The molecule has 0 atom stereocenters. The summed E-state index contributed by atoms with van der Waals surface area (Å²) in [5.74, 6) is -0.876. The maximum atomic E-state index is 13.0. The Hall–Kier alpha value is -1.88. The fourth-order valence-corrected chi connectivity index (χ4v) is 1.78. The highest BCUT2D eigenvalue weighted by Crippen LogP contribution is 2.20. The molecule has 0 saturated heterocycles. The molecule has 2 aromatic rings. The molecule has 2 rings (SSSR count). The molecule has 94 valence electrons. The molecule has 0 radical (unpaired) electrons. The quantitative estimate of drug-likeness (QED) is 0.909. The van der Waals surface area contributed by atoms with Crippen LogP contribution in [0, 0.1) is 12.7 Å². The Morgan fingerprint density at radius 1 is 1.50 bits per heavy atom. The van der Waals surface area contributed by atoms with E-state index in [9.17, 15) is 9.18 Å². The van der Waals surface area contributed by atoms with Crippen molar-refractivity contribution < 1.29 is 9.18 Å². The van der Waals surface area contributed by atoms with Crippen LogP contribution in [-0.4, -0.2) is 15.7 Å². The first-order valence-corrected chi connectivity index (χ1v) is 5.62. The van der Waals surface area contributed by atoms with Crippen molar-refractivity contribution in [2.75, 3.05) is 5.32 Å². The molecule has 0 aliphatic carbocycles. The minimum atomic E-state index is -0.524. The summed E-state index contributed by atoms with van der Waals surface area (Å²) in [4.78, 5) is 11.9. The topological polar surface area (TPSA) is 46.9 Å². The normalized spacial score (nSPS) is 10.4. The standard InChI is InChI=1S/C12H11ClFN3O/c1-7-6-17(2)16-11(7)12(18)15-8-3-4-10(14)9(13)5-8/h3-6H,1-2H3,(H,15,18). The van der Waals surface area contributed by atoms with Gasteiger partial charge >= 0.3 is 0 Å². The van der Waals surface area contributed by atoms with Gasteiger partial charge in [-0.3, -0.25) is 9.48 Å². The first-order chi connectivity index (χ1) is 8.47. The number of halogens is 2. The van der Waals surface area contributed by atoms with Gasteiger partial charge in [-0.25, -0.2) is 4.39 Å². The first-order valence-electron chi connectivity index (χ1n) is 5.24. The maximum absolute atomic E-state index is 13.0. The van der Waals surface area contributed by atoms with E-state index in [0.717, 1.165) is 5.56 Å². The number of amides is 1. The van der Waals surface area contributed by atoms with Gasteiger partial charge in [-0.05, 0) is 25.1 Å². The van der Waals surface area contributed by atoms with Crippen molar-refractivity contribution in [2.45, 2.75) is 6.92 Å². The summed E-state index contributed by atoms with van der Waals surface area (Å²) in [6.45, 7) is 1.79. The SMILES string of the molecule is Cc1cn(C)nc1C(=O)Nc1ccc(F)c(Cl)c1. The van der Waals surface area contributed by atoms with Crippen molar-refractivity contribution in [2.24, 2.45) is 7.05 Å². The Bertz CT molecular complexity index is 609. The van der Waals surface area contributed by atoms with Gasteiger partial charge in [0.1, 0.15) is 5.82 Å². The third kappa shape index (κ3) is 2.51. The summed E-state index contributed by atoms with van der Waals surface area (Å²) in [5.41, 5.74) is 1.53. The summed E-state index contributed by atoms with van der Waals surface area (Å²) >= 11 is 5.63. The van der Waals surface area contributed by atoms with Crippen molar-refractivity contribution in [1.29, 1.82) is 0 Å². The highest BCUT2D eigenvalue weighted by atomic mass is 35.5. The van der Waals surface area contributed by atoms with E-state index in [4.69, 9.17) is 11.6 Å². The van der Waals surface area contributed by atoms with Crippen LogP contribution in [0.1, 0.15) is 16.1 Å². The van der Waals surface area contributed by atoms with Crippen molar-refractivity contribution in [1.82, 2.24) is 9.78 Å². The lowest BCUT2D eigenvalue weighted by atomic mass is 10.2. The molecule has 6 heteroatoms. The number of carbonyl (C=O) groups is 1. The maximum Gasteiger partial charge on any atom is 0.276 e. The zero-order valence-corrected chi connectivity index (χ0v) is 10.6. The van der Waals surface area contributed by atoms with Crippen molar-refractivity contribution in [3.05, 3.63) is 46.5 Å². The number of rotatable bonds is 2. The van der Waals surface area contributed by atoms with Crippen LogP contribution in [0.4, 0.5) is 10.1 Å². The van der Waals surface area contributed by atoms with Crippen molar-refractivity contribution in [3.63, 3.8) is 0 Å². The van der Waals surface area contributed by atoms with E-state index in [2.05, 4.69) is 10.4 Å². The van der Waals surface area contributed by atoms with Gasteiger partial charge in [-0.1, -0.05) is 11.6 Å². The number of benzene rings is 1. The van der Waals surface area contributed by atoms with Crippen LogP contribution in [0.3, 0.4) is 0 Å². The van der Waals surface area contributed by atoms with E-state index in [0.29, 0.717) is 11.4 Å². The lowest BCUT2D eigenvalue weighted by molar-refractivity contribution is 0.102. The van der Waals surface area contributed by atoms with Gasteiger partial charge in [0, 0.05) is 24.5 Å². The molecule has 1 aromatic heterocycles. The molecule has 0 fully saturated rings. The third-order valence-electron chi connectivity index (χ3n) is 2.40. The van der Waals surface area contributed by atoms with Gasteiger partial charge < -0.3 is 5.32 Å². The predicted molar refractivity (Wildman–Crippen MR) is 67.3 cm³/mol. The first kappa shape index (κ1) is 12.6. The zero-order valence-electron chi connectivity index (χ0n) is 9.87. The average molecular weight is 268 g/mol. The summed E-state index contributed by atoms with van der Waals surface area (Å²) in [6, 6.07) is 3.99. The van der Waals surface area contributed by atoms with Crippen molar-refractivity contribution in [3.8, 4) is 0 Å². The fraction of sp³-hybridized carbons (Fsp3) is 0.167. The van der Waals surface area contributed by atoms with Crippen LogP contribution < -0.4 is 5.32 Å². The molecule has 1 N–H and O–H groups in total. The summed E-state index contributed by atoms with van der Waals surface area (Å²) < 4.78 is 14.5. The third-order valence-corrected chi connectivity index (χ3v) is 2.69. The Balaban J connectivity index is 2.21. The second-order valence-corrected chi connectivity index (χ2v) is 4.32. The second-order valence-electron chi connectivity index (χ2n) is 3.92. The number of carbonyl (C=O) groups excluding carboxylic acids is 1. The lowest BCUT2D eigenvalue weighted by Gasteiger charge is -2.04. The van der Waals surface area contributed by atoms with Crippen molar-refractivity contribution >= 4 is 23.2 Å². The van der Waals surface area contributed by atoms with Gasteiger partial charge in [-0.15, -0.1) is 0 Å². The second kappa shape index (κ2) is 4.78. The number of nitrogens with one attached hydrogen (secondary N) is 1. The molecule has 1 aromatic carbocycles. The van der Waals surface area contributed by atoms with Gasteiger partial charge in [0.2, 0.25) is 0 Å². The van der Waals surface area contributed by atoms with Gasteiger partial charge in [-0.2, -0.15) is 5.10 Å². The molecule has 0 unspecified atom stereocenters. The number of anilines is 1. The van der Waals surface area contributed by atoms with Crippen LogP contribution in [0.15, 0.2) is 24.4 Å². The van der Waals surface area contributed by atoms with Crippen LogP contribution in [-0.2, 0) is 7.05 Å². The monoisotopic (exact) mass is 267 g/mol. The summed E-state index contributed by atoms with van der Waals surface area (Å²) in [7, 11) is 1.73. The van der Waals surface area contributed by atoms with E-state index >= 15 is 0 Å². The average Bonchev–Trinajstić information content (AvgIpc) is 2.63. The molecule has 0 saturated carbocycles. The molecule has 0 aliphatic heterocycles. The van der Waals surface area contributed by atoms with E-state index in [1.54, 1.807) is 24.9 Å². The number of aryl methyl sites for hydroxylation is 2. The Morgan fingerprint density at radius 3 is 2.78 bits per heavy atom. The predicted octanol–water partition coefficient (Wildman–Crippen LogP) is 2.77. The minimum absolute atomic E-state index is 0.0365. The summed E-state index contributed by atoms with van der Waals surface area (Å²) in [5, 5.41) is 6.62. The fourth-order valence-electron chi connectivity index (χ4n) is 1.60. The van der Waals surface area contributed by atoms with Crippen LogP contribution >= 0.6 is 11.6 Å². The Labute approximate surface area is 108 Å². The van der Waals surface area contributed by atoms with E-state index in [1.807, 2.05) is 0 Å². The molecule has 1 heterocycles. The van der Waals surface area contributed by atoms with Gasteiger partial charge in [0.15, 0.2) is 5.69 Å². The number of nitrogens with zero attached hydrogens (tertiary/aromatic N) is 2. The van der Waals surface area contributed by atoms with Crippen LogP contribution in [0.5, 0.6) is 0 Å². The molecular formula is C12H11ClFN3O. The van der Waals surface area contributed by atoms with Gasteiger partial charge in [0.25, 0.3) is 5.91 Å². The summed E-state index contributed by atoms with van der Waals surface area (Å²) in [6.07, 6.45) is 1.74. The number of hydrogen-bond donors (Lipinski definition) is 1. The highest BCUT2D eigenvalue weighted by Gasteiger charge is 2.13. The smallest absolute Gasteiger partial charge is 0.276 e. The molecule has 1 amide bonds. The number of aromatic nitrogens is 2. The molecule has 4 nitrogen and oxygen atoms in total. The molecule has 0 aliphatic rings. The van der Waals surface area contributed by atoms with E-state index < -0.39 is 5.82 Å².